The van der Waals surface area contributed by atoms with E-state index >= 15 is 0 Å². The van der Waals surface area contributed by atoms with E-state index in [0.717, 1.165) is 11.3 Å². The number of thioether (sulfide) groups is 1. The van der Waals surface area contributed by atoms with Crippen molar-refractivity contribution in [2.45, 2.75) is 5.37 Å². The molecule has 1 atom stereocenters. The molecule has 0 bridgehead atoms. The molecule has 0 radical (unpaired) electrons. The van der Waals surface area contributed by atoms with Crippen molar-refractivity contribution in [3.05, 3.63) is 57.6 Å². The fourth-order valence-corrected chi connectivity index (χ4v) is 4.70. The minimum absolute atomic E-state index is 0.0469. The summed E-state index contributed by atoms with van der Waals surface area (Å²) in [5, 5.41) is 1.04. The van der Waals surface area contributed by atoms with Gasteiger partial charge in [-0.2, -0.15) is 0 Å². The summed E-state index contributed by atoms with van der Waals surface area (Å²) in [4.78, 5) is 14.8. The molecule has 0 aliphatic carbocycles. The van der Waals surface area contributed by atoms with Gasteiger partial charge in [-0.25, -0.2) is 0 Å². The van der Waals surface area contributed by atoms with Crippen molar-refractivity contribution in [1.82, 2.24) is 4.90 Å². The normalized spacial score (nSPS) is 18.9. The number of amides is 1. The number of fused-ring (bicyclic) bond motifs is 1. The van der Waals surface area contributed by atoms with Gasteiger partial charge < -0.3 is 14.4 Å². The van der Waals surface area contributed by atoms with Crippen molar-refractivity contribution < 1.29 is 14.3 Å². The molecule has 4 nitrogen and oxygen atoms in total. The molecule has 4 rings (SSSR count). The smallest absolute Gasteiger partial charge is 0.255 e. The maximum Gasteiger partial charge on any atom is 0.255 e. The Bertz CT molecular complexity index is 814. The number of carbonyl (C=O) groups is 1. The molecule has 2 aromatic carbocycles. The number of rotatable bonds is 2. The van der Waals surface area contributed by atoms with Crippen LogP contribution in [-0.4, -0.2) is 29.9 Å². The molecular weight excluding hydrogens is 369 g/mol. The van der Waals surface area contributed by atoms with Crippen LogP contribution in [0.15, 0.2) is 36.4 Å². The van der Waals surface area contributed by atoms with Crippen LogP contribution in [0.3, 0.4) is 0 Å². The largest absolute Gasteiger partial charge is 0.454 e. The Balaban J connectivity index is 1.63. The van der Waals surface area contributed by atoms with Crippen LogP contribution in [0.1, 0.15) is 21.3 Å². The Kier molecular flexibility index (Phi) is 4.24. The van der Waals surface area contributed by atoms with Gasteiger partial charge in [0.1, 0.15) is 5.37 Å². The first-order chi connectivity index (χ1) is 11.6. The monoisotopic (exact) mass is 381 g/mol. The Morgan fingerprint density at radius 3 is 2.79 bits per heavy atom. The maximum atomic E-state index is 13.0. The fourth-order valence-electron chi connectivity index (χ4n) is 2.83. The highest BCUT2D eigenvalue weighted by molar-refractivity contribution is 7.99. The Morgan fingerprint density at radius 2 is 1.96 bits per heavy atom. The molecule has 7 heteroatoms. The first-order valence-corrected chi connectivity index (χ1v) is 9.21. The van der Waals surface area contributed by atoms with E-state index in [1.54, 1.807) is 42.1 Å². The number of halogens is 2. The van der Waals surface area contributed by atoms with E-state index in [0.29, 0.717) is 33.7 Å². The van der Waals surface area contributed by atoms with Crippen LogP contribution in [0.2, 0.25) is 10.0 Å². The molecule has 1 saturated heterocycles. The van der Waals surface area contributed by atoms with Crippen molar-refractivity contribution in [3.63, 3.8) is 0 Å². The third-order valence-corrected chi connectivity index (χ3v) is 5.80. The highest BCUT2D eigenvalue weighted by Crippen LogP contribution is 2.42. The number of hydrogen-bond donors (Lipinski definition) is 0. The van der Waals surface area contributed by atoms with Crippen LogP contribution in [0.5, 0.6) is 11.5 Å². The second kappa shape index (κ2) is 6.39. The molecule has 2 aliphatic rings. The lowest BCUT2D eigenvalue weighted by molar-refractivity contribution is 0.0760. The predicted octanol–water partition coefficient (Wildman–Crippen LogP) is 4.61. The summed E-state index contributed by atoms with van der Waals surface area (Å²) < 4.78 is 10.7. The minimum atomic E-state index is -0.118. The third-order valence-electron chi connectivity index (χ3n) is 4.00. The lowest BCUT2D eigenvalue weighted by Gasteiger charge is -2.25. The van der Waals surface area contributed by atoms with E-state index in [-0.39, 0.29) is 18.1 Å². The molecular formula is C17H13Cl2NO3S. The van der Waals surface area contributed by atoms with E-state index in [4.69, 9.17) is 32.7 Å². The molecule has 0 aromatic heterocycles. The maximum absolute atomic E-state index is 13.0. The summed E-state index contributed by atoms with van der Waals surface area (Å²) >= 11 is 14.0. The topological polar surface area (TPSA) is 38.8 Å². The van der Waals surface area contributed by atoms with Gasteiger partial charge in [0.25, 0.3) is 5.91 Å². The number of benzene rings is 2. The summed E-state index contributed by atoms with van der Waals surface area (Å²) in [6, 6.07) is 10.6. The number of ether oxygens (including phenoxy) is 2. The van der Waals surface area contributed by atoms with Crippen molar-refractivity contribution in [3.8, 4) is 11.5 Å². The van der Waals surface area contributed by atoms with Gasteiger partial charge in [-0.15, -0.1) is 11.8 Å². The zero-order valence-corrected chi connectivity index (χ0v) is 14.8. The quantitative estimate of drug-likeness (QED) is 0.761. The molecule has 24 heavy (non-hydrogen) atoms. The standard InChI is InChI=1S/C17H13Cl2NO3S/c18-11-2-3-12(13(19)8-11)17-20(5-6-24-17)16(21)10-1-4-14-15(7-10)23-9-22-14/h1-4,7-8,17H,5-6,9H2. The molecule has 2 heterocycles. The summed E-state index contributed by atoms with van der Waals surface area (Å²) in [6.45, 7) is 0.858. The highest BCUT2D eigenvalue weighted by Gasteiger charge is 2.33. The second-order valence-electron chi connectivity index (χ2n) is 5.46. The van der Waals surface area contributed by atoms with Gasteiger partial charge in [0.2, 0.25) is 6.79 Å². The van der Waals surface area contributed by atoms with Crippen LogP contribution in [-0.2, 0) is 0 Å². The van der Waals surface area contributed by atoms with Gasteiger partial charge in [-0.1, -0.05) is 29.3 Å². The van der Waals surface area contributed by atoms with Gasteiger partial charge in [0, 0.05) is 33.5 Å². The molecule has 0 spiro atoms. The molecule has 1 unspecified atom stereocenters. The van der Waals surface area contributed by atoms with Gasteiger partial charge in [-0.3, -0.25) is 4.79 Å². The van der Waals surface area contributed by atoms with Crippen LogP contribution in [0, 0.1) is 0 Å². The van der Waals surface area contributed by atoms with Gasteiger partial charge in [0.15, 0.2) is 11.5 Å². The lowest BCUT2D eigenvalue weighted by atomic mass is 10.1. The summed E-state index contributed by atoms with van der Waals surface area (Å²) in [7, 11) is 0. The molecule has 1 amide bonds. The van der Waals surface area contributed by atoms with E-state index in [1.165, 1.54) is 0 Å². The third kappa shape index (κ3) is 2.81. The Morgan fingerprint density at radius 1 is 1.12 bits per heavy atom. The first-order valence-electron chi connectivity index (χ1n) is 7.40. The molecule has 0 N–H and O–H groups in total. The van der Waals surface area contributed by atoms with Crippen LogP contribution in [0.4, 0.5) is 0 Å². The van der Waals surface area contributed by atoms with E-state index in [1.807, 2.05) is 11.0 Å². The number of carbonyl (C=O) groups excluding carboxylic acids is 1. The van der Waals surface area contributed by atoms with Crippen molar-refractivity contribution >= 4 is 40.9 Å². The van der Waals surface area contributed by atoms with E-state index in [2.05, 4.69) is 0 Å². The first kappa shape index (κ1) is 15.9. The number of nitrogens with zero attached hydrogens (tertiary/aromatic N) is 1. The van der Waals surface area contributed by atoms with Crippen molar-refractivity contribution in [2.75, 3.05) is 19.1 Å². The fraction of sp³-hybridized carbons (Fsp3) is 0.235. The van der Waals surface area contributed by atoms with Crippen LogP contribution < -0.4 is 9.47 Å². The SMILES string of the molecule is O=C(c1ccc2c(c1)OCO2)N1CCSC1c1ccc(Cl)cc1Cl. The average Bonchev–Trinajstić information content (AvgIpc) is 3.22. The predicted molar refractivity (Wildman–Crippen MR) is 95.3 cm³/mol. The summed E-state index contributed by atoms with van der Waals surface area (Å²) in [5.74, 6) is 2.09. The summed E-state index contributed by atoms with van der Waals surface area (Å²) in [5.41, 5.74) is 1.48. The lowest BCUT2D eigenvalue weighted by Crippen LogP contribution is -2.30. The molecule has 1 fully saturated rings. The van der Waals surface area contributed by atoms with Crippen molar-refractivity contribution in [2.24, 2.45) is 0 Å². The van der Waals surface area contributed by atoms with Crippen LogP contribution in [0.25, 0.3) is 0 Å². The highest BCUT2D eigenvalue weighted by atomic mass is 35.5. The Hall–Kier alpha value is -1.56. The minimum Gasteiger partial charge on any atom is -0.454 e. The summed E-state index contributed by atoms with van der Waals surface area (Å²) in [6.07, 6.45) is 0. The molecule has 124 valence electrons. The molecule has 0 saturated carbocycles. The zero-order valence-electron chi connectivity index (χ0n) is 12.5. The zero-order chi connectivity index (χ0) is 16.7. The molecule has 2 aliphatic heterocycles. The number of hydrogen-bond acceptors (Lipinski definition) is 4. The van der Waals surface area contributed by atoms with Crippen LogP contribution >= 0.6 is 35.0 Å². The van der Waals surface area contributed by atoms with Gasteiger partial charge >= 0.3 is 0 Å². The van der Waals surface area contributed by atoms with E-state index < -0.39 is 0 Å². The van der Waals surface area contributed by atoms with Crippen molar-refractivity contribution in [1.29, 1.82) is 0 Å². The Labute approximate surface area is 153 Å². The molecule has 2 aromatic rings. The van der Waals surface area contributed by atoms with Gasteiger partial charge in [0.05, 0.1) is 0 Å². The average molecular weight is 382 g/mol. The second-order valence-corrected chi connectivity index (χ2v) is 7.49. The van der Waals surface area contributed by atoms with Gasteiger partial charge in [-0.05, 0) is 30.3 Å². The van der Waals surface area contributed by atoms with E-state index in [9.17, 15) is 4.79 Å².